The topological polar surface area (TPSA) is 38.3 Å². The molecule has 0 bridgehead atoms. The van der Waals surface area contributed by atoms with Gasteiger partial charge in [0.2, 0.25) is 0 Å². The molecule has 0 heterocycles. The molecule has 0 radical (unpaired) electrons. The normalized spacial score (nSPS) is 11.8. The number of para-hydroxylation sites is 1. The van der Waals surface area contributed by atoms with E-state index in [4.69, 9.17) is 27.9 Å². The molecule has 1 N–H and O–H groups in total. The van der Waals surface area contributed by atoms with Gasteiger partial charge >= 0.3 is 0 Å². The summed E-state index contributed by atoms with van der Waals surface area (Å²) in [6, 6.07) is 14.9. The Labute approximate surface area is 152 Å². The first-order chi connectivity index (χ1) is 11.6. The summed E-state index contributed by atoms with van der Waals surface area (Å²) in [6.07, 6.45) is 1.66. The molecule has 0 saturated heterocycles. The number of nitrogens with one attached hydrogen (secondary N) is 1. The van der Waals surface area contributed by atoms with Crippen molar-refractivity contribution in [1.82, 2.24) is 5.32 Å². The Morgan fingerprint density at radius 2 is 1.75 bits per heavy atom. The molecule has 1 unspecified atom stereocenters. The number of hydrogen-bond donors (Lipinski definition) is 1. The molecule has 128 valence electrons. The fourth-order valence-electron chi connectivity index (χ4n) is 2.32. The molecule has 0 fully saturated rings. The van der Waals surface area contributed by atoms with E-state index >= 15 is 0 Å². The van der Waals surface area contributed by atoms with Gasteiger partial charge in [0.1, 0.15) is 5.75 Å². The van der Waals surface area contributed by atoms with Gasteiger partial charge in [0, 0.05) is 11.6 Å². The maximum Gasteiger partial charge on any atom is 0.261 e. The summed E-state index contributed by atoms with van der Waals surface area (Å²) < 4.78 is 5.73. The summed E-state index contributed by atoms with van der Waals surface area (Å²) in [5.74, 6) is 0.397. The molecule has 1 atom stereocenters. The third kappa shape index (κ3) is 5.43. The van der Waals surface area contributed by atoms with E-state index in [1.54, 1.807) is 12.1 Å². The van der Waals surface area contributed by atoms with Crippen LogP contribution in [0.2, 0.25) is 10.0 Å². The SMILES string of the molecule is CCC(Oc1ccccc1Cl)C(=O)NCCCc1ccccc1Cl. The Bertz CT molecular complexity index is 676. The first kappa shape index (κ1) is 18.6. The van der Waals surface area contributed by atoms with E-state index in [9.17, 15) is 4.79 Å². The second-order valence-corrected chi connectivity index (χ2v) is 6.25. The zero-order valence-electron chi connectivity index (χ0n) is 13.6. The van der Waals surface area contributed by atoms with Crippen molar-refractivity contribution < 1.29 is 9.53 Å². The van der Waals surface area contributed by atoms with Gasteiger partial charge in [-0.3, -0.25) is 4.79 Å². The number of ether oxygens (including phenoxy) is 1. The van der Waals surface area contributed by atoms with Crippen molar-refractivity contribution >= 4 is 29.1 Å². The highest BCUT2D eigenvalue weighted by Crippen LogP contribution is 2.24. The highest BCUT2D eigenvalue weighted by Gasteiger charge is 2.18. The summed E-state index contributed by atoms with van der Waals surface area (Å²) in [6.45, 7) is 2.48. The molecule has 0 saturated carbocycles. The Hall–Kier alpha value is -1.71. The molecule has 0 aliphatic rings. The summed E-state index contributed by atoms with van der Waals surface area (Å²) in [4.78, 5) is 12.3. The quantitative estimate of drug-likeness (QED) is 0.675. The van der Waals surface area contributed by atoms with Crippen LogP contribution in [0.15, 0.2) is 48.5 Å². The molecule has 24 heavy (non-hydrogen) atoms. The maximum absolute atomic E-state index is 12.3. The molecule has 1 amide bonds. The van der Waals surface area contributed by atoms with Crippen LogP contribution in [-0.2, 0) is 11.2 Å². The number of aryl methyl sites for hydroxylation is 1. The molecule has 3 nitrogen and oxygen atoms in total. The standard InChI is InChI=1S/C19H21Cl2NO2/c1-2-17(24-18-12-6-5-11-16(18)21)19(23)22-13-7-9-14-8-3-4-10-15(14)20/h3-6,8,10-12,17H,2,7,9,13H2,1H3,(H,22,23). The molecule has 0 aliphatic heterocycles. The summed E-state index contributed by atoms with van der Waals surface area (Å²) in [5, 5.41) is 4.18. The van der Waals surface area contributed by atoms with Gasteiger partial charge in [0.15, 0.2) is 6.10 Å². The Balaban J connectivity index is 1.80. The average molecular weight is 366 g/mol. The van der Waals surface area contributed by atoms with Gasteiger partial charge < -0.3 is 10.1 Å². The van der Waals surface area contributed by atoms with Gasteiger partial charge in [-0.05, 0) is 43.0 Å². The lowest BCUT2D eigenvalue weighted by atomic mass is 10.1. The molecule has 2 aromatic carbocycles. The second kappa shape index (κ2) is 9.55. The number of halogens is 2. The molecule has 2 rings (SSSR count). The van der Waals surface area contributed by atoms with Gasteiger partial charge in [0.25, 0.3) is 5.91 Å². The first-order valence-corrected chi connectivity index (χ1v) is 8.79. The van der Waals surface area contributed by atoms with Crippen molar-refractivity contribution in [3.63, 3.8) is 0 Å². The van der Waals surface area contributed by atoms with E-state index in [2.05, 4.69) is 5.32 Å². The van der Waals surface area contributed by atoms with Crippen LogP contribution in [0.5, 0.6) is 5.75 Å². The van der Waals surface area contributed by atoms with Crippen LogP contribution in [0.3, 0.4) is 0 Å². The number of hydrogen-bond acceptors (Lipinski definition) is 2. The highest BCUT2D eigenvalue weighted by atomic mass is 35.5. The molecular formula is C19H21Cl2NO2. The average Bonchev–Trinajstić information content (AvgIpc) is 2.59. The van der Waals surface area contributed by atoms with E-state index < -0.39 is 6.10 Å². The van der Waals surface area contributed by atoms with Crippen LogP contribution in [0.25, 0.3) is 0 Å². The smallest absolute Gasteiger partial charge is 0.261 e. The number of carbonyl (C=O) groups is 1. The zero-order valence-corrected chi connectivity index (χ0v) is 15.1. The zero-order chi connectivity index (χ0) is 17.4. The molecule has 0 aromatic heterocycles. The Morgan fingerprint density at radius 1 is 1.08 bits per heavy atom. The fourth-order valence-corrected chi connectivity index (χ4v) is 2.73. The molecule has 5 heteroatoms. The lowest BCUT2D eigenvalue weighted by Crippen LogP contribution is -2.38. The van der Waals surface area contributed by atoms with Crippen LogP contribution < -0.4 is 10.1 Å². The summed E-state index contributed by atoms with van der Waals surface area (Å²) in [7, 11) is 0. The van der Waals surface area contributed by atoms with Crippen molar-refractivity contribution in [2.45, 2.75) is 32.3 Å². The van der Waals surface area contributed by atoms with Crippen LogP contribution in [0, 0.1) is 0 Å². The molecular weight excluding hydrogens is 345 g/mol. The van der Waals surface area contributed by atoms with Crippen molar-refractivity contribution in [3.05, 3.63) is 64.1 Å². The third-order valence-corrected chi connectivity index (χ3v) is 4.33. The van der Waals surface area contributed by atoms with Crippen molar-refractivity contribution in [3.8, 4) is 5.75 Å². The van der Waals surface area contributed by atoms with Gasteiger partial charge in [-0.15, -0.1) is 0 Å². The minimum atomic E-state index is -0.551. The van der Waals surface area contributed by atoms with E-state index in [1.807, 2.05) is 43.3 Å². The van der Waals surface area contributed by atoms with Crippen LogP contribution in [-0.4, -0.2) is 18.6 Å². The van der Waals surface area contributed by atoms with Crippen molar-refractivity contribution in [2.75, 3.05) is 6.54 Å². The minimum Gasteiger partial charge on any atom is -0.479 e. The summed E-state index contributed by atoms with van der Waals surface area (Å²) in [5.41, 5.74) is 1.09. The number of carbonyl (C=O) groups excluding carboxylic acids is 1. The van der Waals surface area contributed by atoms with Crippen LogP contribution >= 0.6 is 23.2 Å². The molecule has 0 spiro atoms. The first-order valence-electron chi connectivity index (χ1n) is 8.04. The van der Waals surface area contributed by atoms with Crippen molar-refractivity contribution in [1.29, 1.82) is 0 Å². The second-order valence-electron chi connectivity index (χ2n) is 5.43. The van der Waals surface area contributed by atoms with Crippen LogP contribution in [0.4, 0.5) is 0 Å². The maximum atomic E-state index is 12.3. The lowest BCUT2D eigenvalue weighted by molar-refractivity contribution is -0.128. The van der Waals surface area contributed by atoms with E-state index in [0.29, 0.717) is 23.7 Å². The largest absolute Gasteiger partial charge is 0.479 e. The van der Waals surface area contributed by atoms with E-state index in [0.717, 1.165) is 23.4 Å². The fraction of sp³-hybridized carbons (Fsp3) is 0.316. The van der Waals surface area contributed by atoms with Crippen molar-refractivity contribution in [2.24, 2.45) is 0 Å². The van der Waals surface area contributed by atoms with E-state index in [-0.39, 0.29) is 5.91 Å². The minimum absolute atomic E-state index is 0.128. The lowest BCUT2D eigenvalue weighted by Gasteiger charge is -2.18. The number of rotatable bonds is 8. The predicted octanol–water partition coefficient (Wildman–Crippen LogP) is 4.90. The Kier molecular flexibility index (Phi) is 7.41. The molecule has 0 aliphatic carbocycles. The van der Waals surface area contributed by atoms with Gasteiger partial charge in [0.05, 0.1) is 5.02 Å². The van der Waals surface area contributed by atoms with Gasteiger partial charge in [-0.2, -0.15) is 0 Å². The Morgan fingerprint density at radius 3 is 2.42 bits per heavy atom. The highest BCUT2D eigenvalue weighted by molar-refractivity contribution is 6.32. The molecule has 2 aromatic rings. The number of amides is 1. The van der Waals surface area contributed by atoms with E-state index in [1.165, 1.54) is 0 Å². The number of benzene rings is 2. The predicted molar refractivity (Wildman–Crippen MR) is 98.9 cm³/mol. The third-order valence-electron chi connectivity index (χ3n) is 3.65. The van der Waals surface area contributed by atoms with Crippen LogP contribution in [0.1, 0.15) is 25.3 Å². The van der Waals surface area contributed by atoms with Gasteiger partial charge in [-0.1, -0.05) is 60.5 Å². The monoisotopic (exact) mass is 365 g/mol. The summed E-state index contributed by atoms with van der Waals surface area (Å²) >= 11 is 12.2. The van der Waals surface area contributed by atoms with Gasteiger partial charge in [-0.25, -0.2) is 0 Å².